The van der Waals surface area contributed by atoms with E-state index in [2.05, 4.69) is 10.7 Å². The van der Waals surface area contributed by atoms with E-state index < -0.39 is 23.4 Å². The minimum absolute atomic E-state index is 0.0900. The number of benzene rings is 2. The van der Waals surface area contributed by atoms with Gasteiger partial charge < -0.3 is 5.32 Å². The van der Waals surface area contributed by atoms with Crippen LogP contribution in [0.1, 0.15) is 24.5 Å². The van der Waals surface area contributed by atoms with Crippen molar-refractivity contribution in [3.8, 4) is 0 Å². The zero-order valence-corrected chi connectivity index (χ0v) is 16.8. The van der Waals surface area contributed by atoms with E-state index in [9.17, 15) is 14.4 Å². The van der Waals surface area contributed by atoms with Gasteiger partial charge in [0, 0.05) is 10.8 Å². The quantitative estimate of drug-likeness (QED) is 0.676. The number of rotatable bonds is 7. The summed E-state index contributed by atoms with van der Waals surface area (Å²) in [6, 6.07) is 15.8. The molecule has 0 aromatic heterocycles. The van der Waals surface area contributed by atoms with Crippen molar-refractivity contribution in [1.82, 2.24) is 15.8 Å². The number of halogens is 1. The molecule has 2 aromatic rings. The van der Waals surface area contributed by atoms with Crippen LogP contribution in [0.15, 0.2) is 54.6 Å². The molecule has 2 aromatic carbocycles. The first-order chi connectivity index (χ1) is 13.5. The van der Waals surface area contributed by atoms with Gasteiger partial charge in [-0.1, -0.05) is 67.1 Å². The lowest BCUT2D eigenvalue weighted by Gasteiger charge is -2.25. The van der Waals surface area contributed by atoms with Crippen LogP contribution in [0.25, 0.3) is 0 Å². The van der Waals surface area contributed by atoms with Gasteiger partial charge in [-0.2, -0.15) is 5.01 Å². The first-order valence-corrected chi connectivity index (χ1v) is 10.3. The molecule has 0 radical (unpaired) electrons. The Kier molecular flexibility index (Phi) is 6.26. The van der Waals surface area contributed by atoms with Gasteiger partial charge in [0.15, 0.2) is 0 Å². The Morgan fingerprint density at radius 2 is 1.82 bits per heavy atom. The lowest BCUT2D eigenvalue weighted by Crippen LogP contribution is -2.49. The number of nitrogens with one attached hydrogen (secondary N) is 2. The molecule has 6 nitrogen and oxygen atoms in total. The number of imide groups is 1. The van der Waals surface area contributed by atoms with Crippen LogP contribution in [0.4, 0.5) is 4.79 Å². The summed E-state index contributed by atoms with van der Waals surface area (Å²) in [7, 11) is 0. The Morgan fingerprint density at radius 3 is 2.50 bits per heavy atom. The number of urea groups is 1. The average molecular weight is 418 g/mol. The predicted octanol–water partition coefficient (Wildman–Crippen LogP) is 3.46. The molecule has 1 atom stereocenters. The Hall–Kier alpha value is -2.51. The van der Waals surface area contributed by atoms with E-state index in [4.69, 9.17) is 11.6 Å². The van der Waals surface area contributed by atoms with Crippen molar-refractivity contribution in [2.24, 2.45) is 0 Å². The molecule has 1 saturated heterocycles. The fourth-order valence-corrected chi connectivity index (χ4v) is 4.17. The second-order valence-electron chi connectivity index (χ2n) is 6.31. The molecule has 0 spiro atoms. The van der Waals surface area contributed by atoms with Crippen LogP contribution in [-0.4, -0.2) is 28.6 Å². The van der Waals surface area contributed by atoms with Crippen molar-refractivity contribution in [2.45, 2.75) is 24.6 Å². The summed E-state index contributed by atoms with van der Waals surface area (Å²) in [5.41, 5.74) is 2.85. The monoisotopic (exact) mass is 417 g/mol. The Morgan fingerprint density at radius 1 is 1.14 bits per heavy atom. The molecule has 1 aliphatic heterocycles. The molecule has 3 rings (SSSR count). The highest BCUT2D eigenvalue weighted by Gasteiger charge is 2.52. The lowest BCUT2D eigenvalue weighted by molar-refractivity contribution is -0.138. The highest BCUT2D eigenvalue weighted by atomic mass is 35.5. The fourth-order valence-electron chi connectivity index (χ4n) is 3.06. The van der Waals surface area contributed by atoms with Gasteiger partial charge in [0.25, 0.3) is 5.91 Å². The third-order valence-corrected chi connectivity index (χ3v) is 5.92. The van der Waals surface area contributed by atoms with Gasteiger partial charge in [-0.3, -0.25) is 15.0 Å². The number of carbonyl (C=O) groups excluding carboxylic acids is 3. The number of carbonyl (C=O) groups is 3. The lowest BCUT2D eigenvalue weighted by atomic mass is 9.87. The molecular weight excluding hydrogens is 398 g/mol. The smallest absolute Gasteiger partial charge is 0.318 e. The maximum absolute atomic E-state index is 12.9. The van der Waals surface area contributed by atoms with E-state index >= 15 is 0 Å². The van der Waals surface area contributed by atoms with Gasteiger partial charge in [-0.15, -0.1) is 11.8 Å². The molecule has 0 unspecified atom stereocenters. The van der Waals surface area contributed by atoms with Gasteiger partial charge >= 0.3 is 6.03 Å². The van der Waals surface area contributed by atoms with Gasteiger partial charge in [-0.25, -0.2) is 4.79 Å². The number of hydrazine groups is 1. The van der Waals surface area contributed by atoms with Crippen LogP contribution in [0.3, 0.4) is 0 Å². The fraction of sp³-hybridized carbons (Fsp3) is 0.250. The van der Waals surface area contributed by atoms with E-state index in [0.717, 1.165) is 10.6 Å². The minimum atomic E-state index is -1.17. The number of amides is 4. The summed E-state index contributed by atoms with van der Waals surface area (Å²) >= 11 is 7.45. The first kappa shape index (κ1) is 20.2. The molecular formula is C20H20ClN3O3S. The van der Waals surface area contributed by atoms with E-state index in [1.165, 1.54) is 11.8 Å². The number of hydrogen-bond donors (Lipinski definition) is 2. The summed E-state index contributed by atoms with van der Waals surface area (Å²) < 4.78 is 0. The van der Waals surface area contributed by atoms with Crippen molar-refractivity contribution >= 4 is 41.2 Å². The number of hydrogen-bond acceptors (Lipinski definition) is 4. The zero-order valence-electron chi connectivity index (χ0n) is 15.3. The molecule has 2 N–H and O–H groups in total. The topological polar surface area (TPSA) is 78.5 Å². The second-order valence-corrected chi connectivity index (χ2v) is 7.71. The molecule has 0 bridgehead atoms. The molecule has 8 heteroatoms. The molecule has 1 heterocycles. The van der Waals surface area contributed by atoms with E-state index in [1.807, 2.05) is 31.2 Å². The van der Waals surface area contributed by atoms with Crippen molar-refractivity contribution in [2.75, 3.05) is 5.75 Å². The van der Waals surface area contributed by atoms with Gasteiger partial charge in [0.2, 0.25) is 5.91 Å². The van der Waals surface area contributed by atoms with Crippen molar-refractivity contribution in [1.29, 1.82) is 0 Å². The summed E-state index contributed by atoms with van der Waals surface area (Å²) in [6.45, 7) is 1.82. The average Bonchev–Trinajstić information content (AvgIpc) is 2.95. The summed E-state index contributed by atoms with van der Waals surface area (Å²) in [5, 5.41) is 4.14. The normalized spacial score (nSPS) is 18.9. The van der Waals surface area contributed by atoms with Crippen molar-refractivity contribution < 1.29 is 14.4 Å². The van der Waals surface area contributed by atoms with E-state index in [0.29, 0.717) is 22.8 Å². The highest BCUT2D eigenvalue weighted by molar-refractivity contribution is 7.99. The van der Waals surface area contributed by atoms with E-state index in [-0.39, 0.29) is 5.75 Å². The van der Waals surface area contributed by atoms with Gasteiger partial charge in [0.1, 0.15) is 5.54 Å². The summed E-state index contributed by atoms with van der Waals surface area (Å²) in [6.07, 6.45) is 0.370. The van der Waals surface area contributed by atoms with Gasteiger partial charge in [-0.05, 0) is 23.6 Å². The third-order valence-electron chi connectivity index (χ3n) is 4.57. The molecule has 1 fully saturated rings. The molecule has 0 saturated carbocycles. The van der Waals surface area contributed by atoms with Crippen LogP contribution < -0.4 is 10.7 Å². The zero-order chi connectivity index (χ0) is 20.1. The number of nitrogens with zero attached hydrogens (tertiary/aromatic N) is 1. The van der Waals surface area contributed by atoms with Crippen LogP contribution in [-0.2, 0) is 20.9 Å². The first-order valence-electron chi connectivity index (χ1n) is 8.81. The largest absolute Gasteiger partial charge is 0.344 e. The standard InChI is InChI=1S/C20H20ClN3O3S/c1-2-20(15-9-4-3-5-10-15)18(26)24(19(27)22-20)23-17(25)13-28-12-14-8-6-7-11-16(14)21/h3-11H,2,12-13H2,1H3,(H,22,27)(H,23,25)/t20-/m1/s1. The van der Waals surface area contributed by atoms with Crippen LogP contribution in [0, 0.1) is 0 Å². The SMILES string of the molecule is CC[C@]1(c2ccccc2)NC(=O)N(NC(=O)CSCc2ccccc2Cl)C1=O. The summed E-state index contributed by atoms with van der Waals surface area (Å²) in [5.74, 6) is -0.278. The molecule has 0 aliphatic carbocycles. The maximum Gasteiger partial charge on any atom is 0.344 e. The van der Waals surface area contributed by atoms with Crippen molar-refractivity contribution in [3.63, 3.8) is 0 Å². The van der Waals surface area contributed by atoms with E-state index in [1.54, 1.807) is 30.3 Å². The Balaban J connectivity index is 1.62. The molecule has 28 heavy (non-hydrogen) atoms. The summed E-state index contributed by atoms with van der Waals surface area (Å²) in [4.78, 5) is 37.6. The molecule has 1 aliphatic rings. The minimum Gasteiger partial charge on any atom is -0.318 e. The number of thioether (sulfide) groups is 1. The molecule has 146 valence electrons. The van der Waals surface area contributed by atoms with Crippen LogP contribution >= 0.6 is 23.4 Å². The van der Waals surface area contributed by atoms with Gasteiger partial charge in [0.05, 0.1) is 5.75 Å². The van der Waals surface area contributed by atoms with Crippen LogP contribution in [0.2, 0.25) is 5.02 Å². The molecule has 4 amide bonds. The highest BCUT2D eigenvalue weighted by Crippen LogP contribution is 2.31. The predicted molar refractivity (Wildman–Crippen MR) is 110 cm³/mol. The maximum atomic E-state index is 12.9. The Labute approximate surface area is 172 Å². The van der Waals surface area contributed by atoms with Crippen molar-refractivity contribution in [3.05, 3.63) is 70.7 Å². The second kappa shape index (κ2) is 8.67. The Bertz CT molecular complexity index is 893. The van der Waals surface area contributed by atoms with Crippen LogP contribution in [0.5, 0.6) is 0 Å². The third kappa shape index (κ3) is 4.00.